The fraction of sp³-hybridized carbons (Fsp3) is 0.333. The summed E-state index contributed by atoms with van der Waals surface area (Å²) in [5.41, 5.74) is 5.56. The van der Waals surface area contributed by atoms with E-state index in [-0.39, 0.29) is 0 Å². The lowest BCUT2D eigenvalue weighted by Crippen LogP contribution is -2.13. The average Bonchev–Trinajstić information content (AvgIpc) is 2.14. The van der Waals surface area contributed by atoms with Gasteiger partial charge in [-0.3, -0.25) is 0 Å². The Labute approximate surface area is 96.9 Å². The molecule has 1 aromatic carbocycles. The number of rotatable bonds is 3. The molecule has 0 radical (unpaired) electrons. The first-order chi connectivity index (χ1) is 7.71. The largest absolute Gasteiger partial charge is 0.419 e. The molecule has 0 fully saturated rings. The summed E-state index contributed by atoms with van der Waals surface area (Å²) in [5.74, 6) is -1.30. The second kappa shape index (κ2) is 4.87. The number of nitrogens with two attached hydrogens (primary N) is 1. The summed E-state index contributed by atoms with van der Waals surface area (Å²) in [5, 5.41) is 0. The molecule has 2 N–H and O–H groups in total. The van der Waals surface area contributed by atoms with Crippen LogP contribution in [0, 0.1) is 5.82 Å². The predicted molar refractivity (Wildman–Crippen MR) is 57.8 cm³/mol. The molecule has 1 rings (SSSR count). The van der Waals surface area contributed by atoms with Gasteiger partial charge >= 0.3 is 6.18 Å². The molecule has 1 aromatic rings. The van der Waals surface area contributed by atoms with Crippen molar-refractivity contribution in [1.29, 1.82) is 0 Å². The fourth-order valence-electron chi connectivity index (χ4n) is 1.49. The summed E-state index contributed by atoms with van der Waals surface area (Å²) in [6.45, 7) is 5.40. The third-order valence-corrected chi connectivity index (χ3v) is 2.30. The number of alkyl halides is 3. The molecule has 0 aromatic heterocycles. The standard InChI is InChI=1S/C12H13F4N/c1-7(2)5-11(17)8-3-4-9(10(13)6-8)12(14,15)16/h3-4,6,11H,1,5,17H2,2H3/t11-/m0/s1. The van der Waals surface area contributed by atoms with Gasteiger partial charge in [-0.15, -0.1) is 6.58 Å². The van der Waals surface area contributed by atoms with Gasteiger partial charge in [0.05, 0.1) is 5.56 Å². The van der Waals surface area contributed by atoms with Crippen LogP contribution in [0.5, 0.6) is 0 Å². The lowest BCUT2D eigenvalue weighted by Gasteiger charge is -2.14. The number of halogens is 4. The third-order valence-electron chi connectivity index (χ3n) is 2.30. The molecule has 0 bridgehead atoms. The summed E-state index contributed by atoms with van der Waals surface area (Å²) in [7, 11) is 0. The SMILES string of the molecule is C=C(C)C[C@H](N)c1ccc(C(F)(F)F)c(F)c1. The van der Waals surface area contributed by atoms with Crippen molar-refractivity contribution < 1.29 is 17.6 Å². The van der Waals surface area contributed by atoms with Crippen molar-refractivity contribution in [3.05, 3.63) is 47.3 Å². The first-order valence-corrected chi connectivity index (χ1v) is 4.98. The Kier molecular flexibility index (Phi) is 3.93. The van der Waals surface area contributed by atoms with Gasteiger partial charge in [-0.25, -0.2) is 4.39 Å². The first-order valence-electron chi connectivity index (χ1n) is 4.98. The molecule has 0 aliphatic carbocycles. The van der Waals surface area contributed by atoms with E-state index in [0.717, 1.165) is 11.6 Å². The van der Waals surface area contributed by atoms with Crippen molar-refractivity contribution in [1.82, 2.24) is 0 Å². The zero-order valence-corrected chi connectivity index (χ0v) is 9.31. The smallest absolute Gasteiger partial charge is 0.324 e. The van der Waals surface area contributed by atoms with Crippen molar-refractivity contribution >= 4 is 0 Å². The van der Waals surface area contributed by atoms with Crippen LogP contribution in [0.3, 0.4) is 0 Å². The van der Waals surface area contributed by atoms with Crippen molar-refractivity contribution in [3.8, 4) is 0 Å². The molecule has 94 valence electrons. The van der Waals surface area contributed by atoms with Crippen LogP contribution >= 0.6 is 0 Å². The number of hydrogen-bond donors (Lipinski definition) is 1. The minimum atomic E-state index is -4.68. The van der Waals surface area contributed by atoms with Crippen molar-refractivity contribution in [2.75, 3.05) is 0 Å². The van der Waals surface area contributed by atoms with Gasteiger partial charge in [0.2, 0.25) is 0 Å². The highest BCUT2D eigenvalue weighted by molar-refractivity contribution is 5.29. The molecule has 1 nitrogen and oxygen atoms in total. The summed E-state index contributed by atoms with van der Waals surface area (Å²) in [6, 6.07) is 2.20. The maximum absolute atomic E-state index is 13.2. The summed E-state index contributed by atoms with van der Waals surface area (Å²) >= 11 is 0. The normalized spacial score (nSPS) is 13.5. The van der Waals surface area contributed by atoms with E-state index in [1.165, 1.54) is 6.07 Å². The summed E-state index contributed by atoms with van der Waals surface area (Å²) in [4.78, 5) is 0. The molecule has 0 heterocycles. The molecular weight excluding hydrogens is 234 g/mol. The highest BCUT2D eigenvalue weighted by Crippen LogP contribution is 2.32. The van der Waals surface area contributed by atoms with Gasteiger partial charge in [-0.2, -0.15) is 13.2 Å². The molecule has 0 saturated heterocycles. The van der Waals surface area contributed by atoms with Gasteiger partial charge in [0.25, 0.3) is 0 Å². The zero-order chi connectivity index (χ0) is 13.2. The van der Waals surface area contributed by atoms with Gasteiger partial charge in [0, 0.05) is 6.04 Å². The number of benzene rings is 1. The van der Waals surface area contributed by atoms with E-state index >= 15 is 0 Å². The molecular formula is C12H13F4N. The quantitative estimate of drug-likeness (QED) is 0.638. The molecule has 0 aliphatic rings. The van der Waals surface area contributed by atoms with Crippen LogP contribution in [0.4, 0.5) is 17.6 Å². The van der Waals surface area contributed by atoms with Crippen LogP contribution < -0.4 is 5.73 Å². The Balaban J connectivity index is 3.00. The molecule has 0 saturated carbocycles. The monoisotopic (exact) mass is 247 g/mol. The van der Waals surface area contributed by atoms with Gasteiger partial charge in [-0.1, -0.05) is 11.6 Å². The van der Waals surface area contributed by atoms with Crippen molar-refractivity contribution in [2.24, 2.45) is 5.73 Å². The minimum Gasteiger partial charge on any atom is -0.324 e. The van der Waals surface area contributed by atoms with Gasteiger partial charge < -0.3 is 5.73 Å². The van der Waals surface area contributed by atoms with E-state index in [1.54, 1.807) is 6.92 Å². The molecule has 0 unspecified atom stereocenters. The summed E-state index contributed by atoms with van der Waals surface area (Å²) < 4.78 is 50.2. The maximum Gasteiger partial charge on any atom is 0.419 e. The second-order valence-corrected chi connectivity index (χ2v) is 4.00. The lowest BCUT2D eigenvalue weighted by molar-refractivity contribution is -0.140. The molecule has 0 aliphatic heterocycles. The lowest BCUT2D eigenvalue weighted by atomic mass is 9.99. The summed E-state index contributed by atoms with van der Waals surface area (Å²) in [6.07, 6.45) is -4.27. The second-order valence-electron chi connectivity index (χ2n) is 4.00. The number of hydrogen-bond acceptors (Lipinski definition) is 1. The van der Waals surface area contributed by atoms with Gasteiger partial charge in [-0.05, 0) is 31.0 Å². The molecule has 0 spiro atoms. The molecule has 17 heavy (non-hydrogen) atoms. The Morgan fingerprint density at radius 2 is 2.00 bits per heavy atom. The highest BCUT2D eigenvalue weighted by Gasteiger charge is 2.34. The van der Waals surface area contributed by atoms with E-state index < -0.39 is 23.6 Å². The first kappa shape index (κ1) is 13.7. The van der Waals surface area contributed by atoms with E-state index in [4.69, 9.17) is 5.73 Å². The van der Waals surface area contributed by atoms with Gasteiger partial charge in [0.15, 0.2) is 0 Å². The van der Waals surface area contributed by atoms with Crippen LogP contribution in [-0.4, -0.2) is 0 Å². The third kappa shape index (κ3) is 3.56. The molecule has 5 heteroatoms. The maximum atomic E-state index is 13.2. The van der Waals surface area contributed by atoms with Crippen LogP contribution in [0.2, 0.25) is 0 Å². The van der Waals surface area contributed by atoms with E-state index in [0.29, 0.717) is 18.1 Å². The van der Waals surface area contributed by atoms with Gasteiger partial charge in [0.1, 0.15) is 5.82 Å². The van der Waals surface area contributed by atoms with E-state index in [9.17, 15) is 17.6 Å². The minimum absolute atomic E-state index is 0.332. The van der Waals surface area contributed by atoms with Crippen LogP contribution in [0.15, 0.2) is 30.4 Å². The zero-order valence-electron chi connectivity index (χ0n) is 9.31. The van der Waals surface area contributed by atoms with Crippen LogP contribution in [0.25, 0.3) is 0 Å². The van der Waals surface area contributed by atoms with Crippen LogP contribution in [0.1, 0.15) is 30.5 Å². The van der Waals surface area contributed by atoms with Crippen molar-refractivity contribution in [3.63, 3.8) is 0 Å². The topological polar surface area (TPSA) is 26.0 Å². The Morgan fingerprint density at radius 1 is 1.41 bits per heavy atom. The highest BCUT2D eigenvalue weighted by atomic mass is 19.4. The van der Waals surface area contributed by atoms with Crippen LogP contribution in [-0.2, 0) is 6.18 Å². The fourth-order valence-corrected chi connectivity index (χ4v) is 1.49. The Morgan fingerprint density at radius 3 is 2.41 bits per heavy atom. The predicted octanol–water partition coefficient (Wildman–Crippen LogP) is 3.81. The van der Waals surface area contributed by atoms with Crippen molar-refractivity contribution in [2.45, 2.75) is 25.6 Å². The Bertz CT molecular complexity index is 423. The van der Waals surface area contributed by atoms with E-state index in [2.05, 4.69) is 6.58 Å². The molecule has 1 atom stereocenters. The molecule has 0 amide bonds. The Hall–Kier alpha value is -1.36. The van der Waals surface area contributed by atoms with E-state index in [1.807, 2.05) is 0 Å². The average molecular weight is 247 g/mol.